The van der Waals surface area contributed by atoms with Crippen LogP contribution < -0.4 is 15.0 Å². The van der Waals surface area contributed by atoms with Crippen LogP contribution in [0.1, 0.15) is 5.56 Å². The average molecular weight is 448 g/mol. The summed E-state index contributed by atoms with van der Waals surface area (Å²) < 4.78 is 6.03. The van der Waals surface area contributed by atoms with E-state index in [1.807, 2.05) is 24.3 Å². The number of carbonyl (C=O) groups is 1. The number of thioether (sulfide) groups is 1. The van der Waals surface area contributed by atoms with Gasteiger partial charge in [-0.05, 0) is 48.4 Å². The number of hydrogen-bond acceptors (Lipinski definition) is 6. The maximum atomic E-state index is 11.8. The molecule has 0 radical (unpaired) electrons. The molecule has 2 aliphatic rings. The van der Waals surface area contributed by atoms with Gasteiger partial charge in [-0.2, -0.15) is 0 Å². The summed E-state index contributed by atoms with van der Waals surface area (Å²) >= 11 is 3.08. The fourth-order valence-electron chi connectivity index (χ4n) is 3.76. The molecule has 1 amide bonds. The number of nitrogens with one attached hydrogen (secondary N) is 2. The molecule has 0 bridgehead atoms. The molecular formula is C24H21N3O2S2. The van der Waals surface area contributed by atoms with Crippen molar-refractivity contribution in [3.8, 4) is 5.75 Å². The Bertz CT molecular complexity index is 1090. The predicted molar refractivity (Wildman–Crippen MR) is 127 cm³/mol. The van der Waals surface area contributed by atoms with Crippen LogP contribution in [-0.4, -0.2) is 29.5 Å². The summed E-state index contributed by atoms with van der Waals surface area (Å²) in [7, 11) is 0. The zero-order valence-corrected chi connectivity index (χ0v) is 18.3. The summed E-state index contributed by atoms with van der Waals surface area (Å²) in [6, 6.07) is 24.8. The van der Waals surface area contributed by atoms with Gasteiger partial charge in [-0.1, -0.05) is 59.9 Å². The molecule has 7 heteroatoms. The van der Waals surface area contributed by atoms with Crippen LogP contribution in [0.15, 0.2) is 82.6 Å². The number of fused-ring (bicyclic) bond motifs is 2. The minimum absolute atomic E-state index is 0.0874. The lowest BCUT2D eigenvalue weighted by Gasteiger charge is -2.32. The molecular weight excluding hydrogens is 426 g/mol. The first kappa shape index (κ1) is 20.0. The van der Waals surface area contributed by atoms with Crippen LogP contribution in [0.5, 0.6) is 5.75 Å². The number of hydrogen-bond donors (Lipinski definition) is 2. The molecule has 1 saturated heterocycles. The van der Waals surface area contributed by atoms with Gasteiger partial charge in [-0.3, -0.25) is 10.2 Å². The van der Waals surface area contributed by atoms with Crippen LogP contribution in [0.3, 0.4) is 0 Å². The number of anilines is 2. The molecule has 5 rings (SSSR count). The lowest BCUT2D eigenvalue weighted by Crippen LogP contribution is -2.26. The second-order valence-electron chi connectivity index (χ2n) is 7.31. The second-order valence-corrected chi connectivity index (χ2v) is 9.61. The van der Waals surface area contributed by atoms with Gasteiger partial charge in [0.05, 0.1) is 23.2 Å². The summed E-state index contributed by atoms with van der Waals surface area (Å²) in [5, 5.41) is 10.1. The third-order valence-corrected chi connectivity index (χ3v) is 7.38. The number of amidine groups is 1. The number of nitrogens with zero attached hydrogens (tertiary/aromatic N) is 1. The minimum Gasteiger partial charge on any atom is -0.492 e. The third kappa shape index (κ3) is 4.29. The first-order chi connectivity index (χ1) is 15.2. The van der Waals surface area contributed by atoms with Crippen molar-refractivity contribution in [2.24, 2.45) is 0 Å². The van der Waals surface area contributed by atoms with E-state index >= 15 is 0 Å². The van der Waals surface area contributed by atoms with Crippen molar-refractivity contribution in [3.63, 3.8) is 0 Å². The van der Waals surface area contributed by atoms with Crippen LogP contribution in [-0.2, 0) is 11.2 Å². The summed E-state index contributed by atoms with van der Waals surface area (Å²) in [6.45, 7) is 1.31. The van der Waals surface area contributed by atoms with E-state index in [1.165, 1.54) is 32.9 Å². The molecule has 3 aromatic carbocycles. The van der Waals surface area contributed by atoms with E-state index < -0.39 is 0 Å². The second kappa shape index (κ2) is 8.69. The average Bonchev–Trinajstić information content (AvgIpc) is 3.11. The number of benzene rings is 3. The summed E-state index contributed by atoms with van der Waals surface area (Å²) in [5.41, 5.74) is 3.48. The molecule has 5 nitrogen and oxygen atoms in total. The van der Waals surface area contributed by atoms with E-state index in [2.05, 4.69) is 58.7 Å². The number of carbonyl (C=O) groups excluding carboxylic acids is 1. The quantitative estimate of drug-likeness (QED) is 0.552. The monoisotopic (exact) mass is 447 g/mol. The van der Waals surface area contributed by atoms with Gasteiger partial charge in [0, 0.05) is 9.79 Å². The van der Waals surface area contributed by atoms with Crippen molar-refractivity contribution in [2.75, 3.05) is 18.1 Å². The van der Waals surface area contributed by atoms with E-state index in [4.69, 9.17) is 10.1 Å². The first-order valence-electron chi connectivity index (χ1n) is 10.1. The fourth-order valence-corrected chi connectivity index (χ4v) is 5.75. The van der Waals surface area contributed by atoms with Crippen LogP contribution in [0.25, 0.3) is 0 Å². The van der Waals surface area contributed by atoms with E-state index in [0.29, 0.717) is 13.0 Å². The van der Waals surface area contributed by atoms with Crippen molar-refractivity contribution in [1.82, 2.24) is 5.32 Å². The maximum absolute atomic E-state index is 11.8. The highest BCUT2D eigenvalue weighted by Gasteiger charge is 2.29. The molecule has 0 aliphatic carbocycles. The van der Waals surface area contributed by atoms with E-state index in [9.17, 15) is 4.79 Å². The van der Waals surface area contributed by atoms with Crippen LogP contribution >= 0.6 is 23.5 Å². The summed E-state index contributed by atoms with van der Waals surface area (Å²) in [4.78, 5) is 16.7. The molecule has 1 fully saturated rings. The van der Waals surface area contributed by atoms with Gasteiger partial charge >= 0.3 is 0 Å². The number of rotatable bonds is 6. The largest absolute Gasteiger partial charge is 0.492 e. The number of ether oxygens (including phenoxy) is 1. The van der Waals surface area contributed by atoms with Crippen LogP contribution in [0.2, 0.25) is 0 Å². The number of para-hydroxylation sites is 2. The Hall–Kier alpha value is -2.90. The molecule has 2 heterocycles. The Morgan fingerprint density at radius 3 is 2.19 bits per heavy atom. The highest BCUT2D eigenvalue weighted by atomic mass is 32.2. The van der Waals surface area contributed by atoms with Crippen LogP contribution in [0, 0.1) is 5.41 Å². The standard InChI is InChI=1S/C24H21N3O2S2/c25-24-26-23(28)22(31-24)15-16-9-11-17(12-10-16)29-14-13-27-18-5-1-3-7-20(18)30-21-8-4-2-6-19(21)27/h1-12,22H,13-15H2,(H2,25,26,28). The van der Waals surface area contributed by atoms with Crippen LogP contribution in [0.4, 0.5) is 11.4 Å². The predicted octanol–water partition coefficient (Wildman–Crippen LogP) is 5.08. The van der Waals surface area contributed by atoms with Gasteiger partial charge in [0.2, 0.25) is 5.91 Å². The Labute approximate surface area is 189 Å². The molecule has 0 spiro atoms. The van der Waals surface area contributed by atoms with Gasteiger partial charge in [-0.25, -0.2) is 0 Å². The van der Waals surface area contributed by atoms with Crippen molar-refractivity contribution in [1.29, 1.82) is 5.41 Å². The van der Waals surface area contributed by atoms with Crippen molar-refractivity contribution >= 4 is 46.0 Å². The Balaban J connectivity index is 1.23. The van der Waals surface area contributed by atoms with Crippen molar-refractivity contribution < 1.29 is 9.53 Å². The van der Waals surface area contributed by atoms with Gasteiger partial charge in [-0.15, -0.1) is 0 Å². The topological polar surface area (TPSA) is 65.4 Å². The summed E-state index contributed by atoms with van der Waals surface area (Å²) in [5.74, 6) is 0.726. The lowest BCUT2D eigenvalue weighted by atomic mass is 10.1. The molecule has 1 atom stereocenters. The highest BCUT2D eigenvalue weighted by Crippen LogP contribution is 2.47. The smallest absolute Gasteiger partial charge is 0.239 e. The highest BCUT2D eigenvalue weighted by molar-refractivity contribution is 8.15. The maximum Gasteiger partial charge on any atom is 0.239 e. The molecule has 2 aliphatic heterocycles. The van der Waals surface area contributed by atoms with Gasteiger partial charge in [0.1, 0.15) is 12.4 Å². The molecule has 31 heavy (non-hydrogen) atoms. The third-order valence-electron chi connectivity index (χ3n) is 5.25. The van der Waals surface area contributed by atoms with Gasteiger partial charge in [0.15, 0.2) is 5.17 Å². The zero-order chi connectivity index (χ0) is 21.2. The Kier molecular flexibility index (Phi) is 5.61. The molecule has 2 N–H and O–H groups in total. The van der Waals surface area contributed by atoms with Gasteiger partial charge in [0.25, 0.3) is 0 Å². The number of amides is 1. The van der Waals surface area contributed by atoms with Crippen molar-refractivity contribution in [2.45, 2.75) is 21.5 Å². The molecule has 156 valence electrons. The SMILES string of the molecule is N=C1NC(=O)C(Cc2ccc(OCCN3c4ccccc4Sc4ccccc43)cc2)S1. The molecule has 0 aromatic heterocycles. The zero-order valence-electron chi connectivity index (χ0n) is 16.7. The lowest BCUT2D eigenvalue weighted by molar-refractivity contribution is -0.118. The Morgan fingerprint density at radius 2 is 1.58 bits per heavy atom. The first-order valence-corrected chi connectivity index (χ1v) is 11.8. The van der Waals surface area contributed by atoms with E-state index in [1.54, 1.807) is 11.8 Å². The Morgan fingerprint density at radius 1 is 0.935 bits per heavy atom. The summed E-state index contributed by atoms with van der Waals surface area (Å²) in [6.07, 6.45) is 0.609. The molecule has 3 aromatic rings. The minimum atomic E-state index is -0.226. The fraction of sp³-hybridized carbons (Fsp3) is 0.167. The molecule has 1 unspecified atom stereocenters. The van der Waals surface area contributed by atoms with E-state index in [0.717, 1.165) is 17.9 Å². The van der Waals surface area contributed by atoms with Gasteiger partial charge < -0.3 is 15.0 Å². The molecule has 0 saturated carbocycles. The normalized spacial score (nSPS) is 17.2. The van der Waals surface area contributed by atoms with E-state index in [-0.39, 0.29) is 16.3 Å². The van der Waals surface area contributed by atoms with Crippen molar-refractivity contribution in [3.05, 3.63) is 78.4 Å².